The fourth-order valence-corrected chi connectivity index (χ4v) is 1.54. The Morgan fingerprint density at radius 2 is 2.50 bits per heavy atom. The van der Waals surface area contributed by atoms with Gasteiger partial charge in [-0.3, -0.25) is 10.2 Å². The van der Waals surface area contributed by atoms with Gasteiger partial charge in [-0.15, -0.1) is 0 Å². The van der Waals surface area contributed by atoms with Gasteiger partial charge < -0.3 is 5.11 Å². The van der Waals surface area contributed by atoms with Crippen LogP contribution in [0.4, 0.5) is 0 Å². The smallest absolute Gasteiger partial charge is 0.0794 e. The fourth-order valence-electron chi connectivity index (χ4n) is 1.54. The minimum Gasteiger partial charge on any atom is -0.390 e. The van der Waals surface area contributed by atoms with Crippen molar-refractivity contribution in [2.75, 3.05) is 19.6 Å². The van der Waals surface area contributed by atoms with Crippen LogP contribution >= 0.6 is 0 Å². The van der Waals surface area contributed by atoms with Gasteiger partial charge in [-0.25, -0.2) is 0 Å². The Morgan fingerprint density at radius 1 is 1.60 bits per heavy atom. The van der Waals surface area contributed by atoms with Gasteiger partial charge in [-0.1, -0.05) is 12.2 Å². The van der Waals surface area contributed by atoms with Crippen LogP contribution in [-0.2, 0) is 0 Å². The van der Waals surface area contributed by atoms with Gasteiger partial charge in [0.2, 0.25) is 0 Å². The Labute approximate surface area is 60.3 Å². The summed E-state index contributed by atoms with van der Waals surface area (Å²) in [5.41, 5.74) is 0. The summed E-state index contributed by atoms with van der Waals surface area (Å²) in [6.07, 6.45) is 4.49. The number of β-amino-alcohol motifs (C(OH)–C–C–N with tert-alkyl or cyclic N) is 1. The largest absolute Gasteiger partial charge is 0.390 e. The maximum Gasteiger partial charge on any atom is 0.0794 e. The van der Waals surface area contributed by atoms with Crippen molar-refractivity contribution in [1.82, 2.24) is 10.2 Å². The second-order valence-corrected chi connectivity index (χ2v) is 2.89. The number of rotatable bonds is 0. The third kappa shape index (κ3) is 0.963. The molecule has 10 heavy (non-hydrogen) atoms. The number of nitrogens with zero attached hydrogens (tertiary/aromatic N) is 1. The molecule has 1 saturated heterocycles. The van der Waals surface area contributed by atoms with E-state index >= 15 is 0 Å². The monoisotopic (exact) mass is 140 g/mol. The molecule has 1 fully saturated rings. The van der Waals surface area contributed by atoms with E-state index in [2.05, 4.69) is 22.4 Å². The first-order valence-corrected chi connectivity index (χ1v) is 3.68. The third-order valence-corrected chi connectivity index (χ3v) is 2.06. The van der Waals surface area contributed by atoms with Gasteiger partial charge in [0, 0.05) is 19.6 Å². The molecule has 2 atom stereocenters. The van der Waals surface area contributed by atoms with Crippen LogP contribution < -0.4 is 5.32 Å². The van der Waals surface area contributed by atoms with Crippen molar-refractivity contribution in [3.63, 3.8) is 0 Å². The van der Waals surface area contributed by atoms with Gasteiger partial charge in [0.25, 0.3) is 0 Å². The molecular weight excluding hydrogens is 128 g/mol. The second kappa shape index (κ2) is 2.34. The second-order valence-electron chi connectivity index (χ2n) is 2.89. The highest BCUT2D eigenvalue weighted by molar-refractivity contribution is 5.05. The summed E-state index contributed by atoms with van der Waals surface area (Å²) >= 11 is 0. The first kappa shape index (κ1) is 6.34. The molecule has 3 heteroatoms. The predicted octanol–water partition coefficient (Wildman–Crippen LogP) is -0.852. The van der Waals surface area contributed by atoms with Gasteiger partial charge in [-0.05, 0) is 0 Å². The van der Waals surface area contributed by atoms with Crippen LogP contribution in [0.2, 0.25) is 0 Å². The average molecular weight is 140 g/mol. The molecule has 56 valence electrons. The molecule has 3 nitrogen and oxygen atoms in total. The molecule has 0 saturated carbocycles. The summed E-state index contributed by atoms with van der Waals surface area (Å²) < 4.78 is 0. The molecule has 2 N–H and O–H groups in total. The van der Waals surface area contributed by atoms with Crippen molar-refractivity contribution < 1.29 is 5.11 Å². The average Bonchev–Trinajstić information content (AvgIpc) is 2.33. The molecule has 0 aromatic rings. The normalized spacial score (nSPS) is 40.1. The maximum absolute atomic E-state index is 9.22. The Balaban J connectivity index is 2.01. The van der Waals surface area contributed by atoms with Gasteiger partial charge >= 0.3 is 0 Å². The lowest BCUT2D eigenvalue weighted by atomic mass is 10.2. The van der Waals surface area contributed by atoms with Gasteiger partial charge in [-0.2, -0.15) is 0 Å². The predicted molar refractivity (Wildman–Crippen MR) is 38.5 cm³/mol. The Morgan fingerprint density at radius 3 is 3.40 bits per heavy atom. The first-order chi connectivity index (χ1) is 4.86. The molecule has 2 aliphatic heterocycles. The number of hydrogen-bond donors (Lipinski definition) is 2. The van der Waals surface area contributed by atoms with E-state index in [1.54, 1.807) is 0 Å². The highest BCUT2D eigenvalue weighted by atomic mass is 16.3. The lowest BCUT2D eigenvalue weighted by Crippen LogP contribution is -2.54. The molecule has 0 aliphatic carbocycles. The van der Waals surface area contributed by atoms with Crippen LogP contribution in [0, 0.1) is 0 Å². The zero-order chi connectivity index (χ0) is 6.97. The van der Waals surface area contributed by atoms with Crippen molar-refractivity contribution in [2.24, 2.45) is 0 Å². The van der Waals surface area contributed by atoms with E-state index in [0.29, 0.717) is 6.17 Å². The van der Waals surface area contributed by atoms with Crippen molar-refractivity contribution >= 4 is 0 Å². The molecule has 0 radical (unpaired) electrons. The van der Waals surface area contributed by atoms with Crippen LogP contribution in [0.25, 0.3) is 0 Å². The molecule has 2 rings (SSSR count). The lowest BCUT2D eigenvalue weighted by Gasteiger charge is -2.33. The molecule has 0 bridgehead atoms. The topological polar surface area (TPSA) is 35.5 Å². The van der Waals surface area contributed by atoms with Crippen LogP contribution in [0.1, 0.15) is 0 Å². The van der Waals surface area contributed by atoms with Crippen molar-refractivity contribution in [2.45, 2.75) is 12.3 Å². The highest BCUT2D eigenvalue weighted by Crippen LogP contribution is 2.10. The van der Waals surface area contributed by atoms with E-state index in [-0.39, 0.29) is 6.10 Å². The molecule has 2 unspecified atom stereocenters. The number of nitrogens with one attached hydrogen (secondary N) is 1. The van der Waals surface area contributed by atoms with Crippen LogP contribution in [-0.4, -0.2) is 41.9 Å². The summed E-state index contributed by atoms with van der Waals surface area (Å²) in [4.78, 5) is 2.22. The van der Waals surface area contributed by atoms with Crippen molar-refractivity contribution in [3.8, 4) is 0 Å². The van der Waals surface area contributed by atoms with E-state index in [1.807, 2.05) is 0 Å². The Hall–Kier alpha value is -0.380. The molecule has 2 aliphatic rings. The minimum absolute atomic E-state index is 0.184. The van der Waals surface area contributed by atoms with Gasteiger partial charge in [0.1, 0.15) is 0 Å². The van der Waals surface area contributed by atoms with Crippen molar-refractivity contribution in [1.29, 1.82) is 0 Å². The summed E-state index contributed by atoms with van der Waals surface area (Å²) in [7, 11) is 0. The van der Waals surface area contributed by atoms with E-state index in [9.17, 15) is 5.11 Å². The summed E-state index contributed by atoms with van der Waals surface area (Å²) in [5, 5.41) is 12.4. The molecule has 0 aromatic heterocycles. The number of hydrogen-bond acceptors (Lipinski definition) is 3. The summed E-state index contributed by atoms with van der Waals surface area (Å²) in [6.45, 7) is 2.52. The number of fused-ring (bicyclic) bond motifs is 1. The highest BCUT2D eigenvalue weighted by Gasteiger charge is 2.26. The zero-order valence-electron chi connectivity index (χ0n) is 5.83. The van der Waals surface area contributed by atoms with E-state index in [4.69, 9.17) is 0 Å². The van der Waals surface area contributed by atoms with Crippen LogP contribution in [0.3, 0.4) is 0 Å². The standard InChI is InChI=1S/C7H12N2O/c10-6-4-8-7-2-1-3-9(7)5-6/h1-2,6-8,10H,3-5H2. The van der Waals surface area contributed by atoms with Gasteiger partial charge in [0.05, 0.1) is 12.3 Å². The molecule has 0 spiro atoms. The maximum atomic E-state index is 9.22. The number of aliphatic hydroxyl groups is 1. The Kier molecular flexibility index (Phi) is 1.48. The summed E-state index contributed by atoms with van der Waals surface area (Å²) in [5.74, 6) is 0. The fraction of sp³-hybridized carbons (Fsp3) is 0.714. The third-order valence-electron chi connectivity index (χ3n) is 2.06. The minimum atomic E-state index is -0.184. The Bertz CT molecular complexity index is 158. The zero-order valence-corrected chi connectivity index (χ0v) is 5.83. The van der Waals surface area contributed by atoms with Crippen molar-refractivity contribution in [3.05, 3.63) is 12.2 Å². The van der Waals surface area contributed by atoms with E-state index in [1.165, 1.54) is 0 Å². The molecule has 2 heterocycles. The van der Waals surface area contributed by atoms with Gasteiger partial charge in [0.15, 0.2) is 0 Å². The first-order valence-electron chi connectivity index (χ1n) is 3.68. The molecule has 0 aromatic carbocycles. The van der Waals surface area contributed by atoms with E-state index < -0.39 is 0 Å². The molecule has 0 amide bonds. The van der Waals surface area contributed by atoms with Crippen LogP contribution in [0.15, 0.2) is 12.2 Å². The quantitative estimate of drug-likeness (QED) is 0.430. The SMILES string of the molecule is OC1CNC2C=CCN2C1. The number of aliphatic hydroxyl groups excluding tert-OH is 1. The van der Waals surface area contributed by atoms with E-state index in [0.717, 1.165) is 19.6 Å². The molecular formula is C7H12N2O. The summed E-state index contributed by atoms with van der Waals surface area (Å²) in [6, 6.07) is 0. The lowest BCUT2D eigenvalue weighted by molar-refractivity contribution is 0.0608. The van der Waals surface area contributed by atoms with Crippen LogP contribution in [0.5, 0.6) is 0 Å².